The summed E-state index contributed by atoms with van der Waals surface area (Å²) in [6, 6.07) is 7.50. The molecule has 6 heteroatoms. The van der Waals surface area contributed by atoms with Crippen LogP contribution in [0.2, 0.25) is 0 Å². The Bertz CT molecular complexity index is 544. The standard InChI is InChI=1S/C13H12INO4/c1-13(2)18-11(16)10(12(17)19-13)7-15-9-5-3-4-8(14)6-9/h3-7,15H,1-2H3. The van der Waals surface area contributed by atoms with Crippen LogP contribution in [0.1, 0.15) is 13.8 Å². The Kier molecular flexibility index (Phi) is 3.79. The molecule has 0 unspecified atom stereocenters. The molecule has 1 aliphatic rings. The molecule has 0 aromatic heterocycles. The van der Waals surface area contributed by atoms with Gasteiger partial charge in [-0.05, 0) is 40.8 Å². The maximum absolute atomic E-state index is 11.7. The number of nitrogens with one attached hydrogen (secondary N) is 1. The lowest BCUT2D eigenvalue weighted by molar-refractivity contribution is -0.222. The molecule has 2 rings (SSSR count). The highest BCUT2D eigenvalue weighted by atomic mass is 127. The quantitative estimate of drug-likeness (QED) is 0.373. The minimum Gasteiger partial charge on any atom is -0.419 e. The molecule has 100 valence electrons. The van der Waals surface area contributed by atoms with Crippen molar-refractivity contribution in [3.8, 4) is 0 Å². The second-order valence-electron chi connectivity index (χ2n) is 4.39. The number of carbonyl (C=O) groups is 2. The summed E-state index contributed by atoms with van der Waals surface area (Å²) in [5.41, 5.74) is 0.614. The molecule has 1 fully saturated rings. The maximum Gasteiger partial charge on any atom is 0.350 e. The summed E-state index contributed by atoms with van der Waals surface area (Å²) >= 11 is 2.17. The van der Waals surface area contributed by atoms with Crippen molar-refractivity contribution in [2.45, 2.75) is 19.6 Å². The number of hydrogen-bond acceptors (Lipinski definition) is 5. The van der Waals surface area contributed by atoms with Crippen LogP contribution in [0.4, 0.5) is 5.69 Å². The number of halogens is 1. The van der Waals surface area contributed by atoms with Gasteiger partial charge in [0.15, 0.2) is 5.57 Å². The number of anilines is 1. The molecule has 1 heterocycles. The molecular weight excluding hydrogens is 361 g/mol. The highest BCUT2D eigenvalue weighted by Crippen LogP contribution is 2.22. The first kappa shape index (κ1) is 13.9. The topological polar surface area (TPSA) is 64.6 Å². The van der Waals surface area contributed by atoms with Gasteiger partial charge in [-0.15, -0.1) is 0 Å². The van der Waals surface area contributed by atoms with Gasteiger partial charge >= 0.3 is 11.9 Å². The van der Waals surface area contributed by atoms with E-state index in [-0.39, 0.29) is 5.57 Å². The molecule has 1 aromatic carbocycles. The molecule has 0 amide bonds. The first-order chi connectivity index (χ1) is 8.87. The zero-order valence-corrected chi connectivity index (χ0v) is 12.6. The molecule has 0 aliphatic carbocycles. The van der Waals surface area contributed by atoms with Gasteiger partial charge in [-0.3, -0.25) is 0 Å². The largest absolute Gasteiger partial charge is 0.419 e. The third-order valence-corrected chi connectivity index (χ3v) is 3.00. The molecule has 5 nitrogen and oxygen atoms in total. The molecule has 1 saturated heterocycles. The SMILES string of the molecule is CC1(C)OC(=O)C(=CNc2cccc(I)c2)C(=O)O1. The van der Waals surface area contributed by atoms with Gasteiger partial charge in [0.05, 0.1) is 0 Å². The predicted octanol–water partition coefficient (Wildman–Crippen LogP) is 2.42. The summed E-state index contributed by atoms with van der Waals surface area (Å²) in [4.78, 5) is 23.4. The van der Waals surface area contributed by atoms with Gasteiger partial charge in [0.2, 0.25) is 0 Å². The lowest BCUT2D eigenvalue weighted by atomic mass is 10.2. The van der Waals surface area contributed by atoms with Crippen LogP contribution in [0.3, 0.4) is 0 Å². The number of esters is 2. The Balaban J connectivity index is 2.15. The van der Waals surface area contributed by atoms with Crippen molar-refractivity contribution in [1.29, 1.82) is 0 Å². The fourth-order valence-electron chi connectivity index (χ4n) is 1.51. The van der Waals surface area contributed by atoms with Crippen LogP contribution in [0, 0.1) is 3.57 Å². The lowest BCUT2D eigenvalue weighted by Crippen LogP contribution is -2.42. The minimum absolute atomic E-state index is 0.154. The number of rotatable bonds is 2. The number of benzene rings is 1. The second kappa shape index (κ2) is 5.20. The van der Waals surface area contributed by atoms with Crippen LogP contribution in [0.5, 0.6) is 0 Å². The molecule has 0 atom stereocenters. The molecule has 0 radical (unpaired) electrons. The molecule has 0 bridgehead atoms. The third-order valence-electron chi connectivity index (χ3n) is 2.32. The van der Waals surface area contributed by atoms with E-state index in [1.807, 2.05) is 24.3 Å². The summed E-state index contributed by atoms with van der Waals surface area (Å²) in [5, 5.41) is 2.87. The number of hydrogen-bond donors (Lipinski definition) is 1. The van der Waals surface area contributed by atoms with Crippen molar-refractivity contribution in [3.63, 3.8) is 0 Å². The molecule has 1 aliphatic heterocycles. The van der Waals surface area contributed by atoms with Crippen LogP contribution in [0.15, 0.2) is 36.0 Å². The van der Waals surface area contributed by atoms with Gasteiger partial charge in [0, 0.05) is 29.3 Å². The Morgan fingerprint density at radius 1 is 1.21 bits per heavy atom. The first-order valence-corrected chi connectivity index (χ1v) is 6.64. The first-order valence-electron chi connectivity index (χ1n) is 5.56. The molecule has 1 N–H and O–H groups in total. The van der Waals surface area contributed by atoms with Gasteiger partial charge in [-0.25, -0.2) is 9.59 Å². The predicted molar refractivity (Wildman–Crippen MR) is 77.1 cm³/mol. The van der Waals surface area contributed by atoms with Gasteiger partial charge in [-0.2, -0.15) is 0 Å². The van der Waals surface area contributed by atoms with E-state index in [0.717, 1.165) is 9.26 Å². The van der Waals surface area contributed by atoms with Gasteiger partial charge in [0.1, 0.15) is 0 Å². The van der Waals surface area contributed by atoms with Crippen LogP contribution >= 0.6 is 22.6 Å². The second-order valence-corrected chi connectivity index (χ2v) is 5.64. The lowest BCUT2D eigenvalue weighted by Gasteiger charge is -2.29. The fraction of sp³-hybridized carbons (Fsp3) is 0.231. The van der Waals surface area contributed by atoms with Gasteiger partial charge in [0.25, 0.3) is 5.79 Å². The molecule has 19 heavy (non-hydrogen) atoms. The van der Waals surface area contributed by atoms with Crippen LogP contribution in [-0.2, 0) is 19.1 Å². The summed E-state index contributed by atoms with van der Waals surface area (Å²) < 4.78 is 11.0. The van der Waals surface area contributed by atoms with E-state index >= 15 is 0 Å². The molecular formula is C13H12INO4. The van der Waals surface area contributed by atoms with E-state index in [0.29, 0.717) is 0 Å². The zero-order chi connectivity index (χ0) is 14.0. The summed E-state index contributed by atoms with van der Waals surface area (Å²) in [7, 11) is 0. The Hall–Kier alpha value is -1.57. The van der Waals surface area contributed by atoms with Crippen LogP contribution in [0.25, 0.3) is 0 Å². The van der Waals surface area contributed by atoms with E-state index in [9.17, 15) is 9.59 Å². The minimum atomic E-state index is -1.21. The van der Waals surface area contributed by atoms with Crippen molar-refractivity contribution >= 4 is 40.2 Å². The van der Waals surface area contributed by atoms with E-state index in [1.165, 1.54) is 20.0 Å². The van der Waals surface area contributed by atoms with Crippen molar-refractivity contribution < 1.29 is 19.1 Å². The average Bonchev–Trinajstić information content (AvgIpc) is 2.26. The normalized spacial score (nSPS) is 17.5. The van der Waals surface area contributed by atoms with E-state index < -0.39 is 17.7 Å². The summed E-state index contributed by atoms with van der Waals surface area (Å²) in [5.74, 6) is -2.60. The molecule has 1 aromatic rings. The molecule has 0 spiro atoms. The molecule has 0 saturated carbocycles. The highest BCUT2D eigenvalue weighted by Gasteiger charge is 2.38. The summed E-state index contributed by atoms with van der Waals surface area (Å²) in [6.45, 7) is 3.01. The Labute approximate surface area is 124 Å². The van der Waals surface area contributed by atoms with Crippen molar-refractivity contribution in [2.75, 3.05) is 5.32 Å². The monoisotopic (exact) mass is 373 g/mol. The van der Waals surface area contributed by atoms with E-state index in [2.05, 4.69) is 27.9 Å². The van der Waals surface area contributed by atoms with Crippen LogP contribution in [-0.4, -0.2) is 17.7 Å². The maximum atomic E-state index is 11.7. The summed E-state index contributed by atoms with van der Waals surface area (Å²) in [6.07, 6.45) is 1.30. The number of ether oxygens (including phenoxy) is 2. The van der Waals surface area contributed by atoms with E-state index in [1.54, 1.807) is 0 Å². The Morgan fingerprint density at radius 3 is 2.42 bits per heavy atom. The van der Waals surface area contributed by atoms with Crippen LogP contribution < -0.4 is 5.32 Å². The smallest absolute Gasteiger partial charge is 0.350 e. The Morgan fingerprint density at radius 2 is 1.84 bits per heavy atom. The zero-order valence-electron chi connectivity index (χ0n) is 10.4. The van der Waals surface area contributed by atoms with Crippen molar-refractivity contribution in [2.24, 2.45) is 0 Å². The highest BCUT2D eigenvalue weighted by molar-refractivity contribution is 14.1. The van der Waals surface area contributed by atoms with Gasteiger partial charge < -0.3 is 14.8 Å². The number of carbonyl (C=O) groups excluding carboxylic acids is 2. The van der Waals surface area contributed by atoms with Crippen molar-refractivity contribution in [3.05, 3.63) is 39.6 Å². The average molecular weight is 373 g/mol. The van der Waals surface area contributed by atoms with E-state index in [4.69, 9.17) is 9.47 Å². The third kappa shape index (κ3) is 3.46. The number of cyclic esters (lactones) is 2. The van der Waals surface area contributed by atoms with Crippen molar-refractivity contribution in [1.82, 2.24) is 0 Å². The fourth-order valence-corrected chi connectivity index (χ4v) is 2.06. The van der Waals surface area contributed by atoms with Gasteiger partial charge in [-0.1, -0.05) is 6.07 Å².